The predicted octanol–water partition coefficient (Wildman–Crippen LogP) is 11.8. The summed E-state index contributed by atoms with van der Waals surface area (Å²) in [5.74, 6) is -21.2. The van der Waals surface area contributed by atoms with E-state index < -0.39 is 74.6 Å². The minimum atomic E-state index is -2.59. The van der Waals surface area contributed by atoms with Crippen LogP contribution in [0.25, 0.3) is 11.1 Å². The first-order chi connectivity index (χ1) is 22.6. The van der Waals surface area contributed by atoms with Gasteiger partial charge in [-0.1, -0.05) is 74.9 Å². The molecule has 0 amide bonds. The van der Waals surface area contributed by atoms with Crippen molar-refractivity contribution in [1.82, 2.24) is 0 Å². The lowest BCUT2D eigenvalue weighted by atomic mass is 9.51. The topological polar surface area (TPSA) is 3.24 Å². The van der Waals surface area contributed by atoms with Gasteiger partial charge in [0.2, 0.25) is 5.82 Å². The Labute approximate surface area is 266 Å². The molecule has 0 bridgehead atoms. The van der Waals surface area contributed by atoms with Gasteiger partial charge >= 0.3 is 0 Å². The number of halogens is 9. The minimum absolute atomic E-state index is 0.184. The summed E-state index contributed by atoms with van der Waals surface area (Å²) in [7, 11) is 0. The summed E-state index contributed by atoms with van der Waals surface area (Å²) < 4.78 is 135. The number of hydrogen-bond donors (Lipinski definition) is 0. The summed E-state index contributed by atoms with van der Waals surface area (Å²) in [5, 5.41) is 0. The normalized spacial score (nSPS) is 18.3. The lowest BCUT2D eigenvalue weighted by Crippen LogP contribution is -2.48. The van der Waals surface area contributed by atoms with Gasteiger partial charge in [-0.15, -0.1) is 0 Å². The van der Waals surface area contributed by atoms with E-state index in [1.165, 1.54) is 0 Å². The molecule has 4 aromatic carbocycles. The van der Waals surface area contributed by atoms with Crippen molar-refractivity contribution in [3.8, 4) is 11.1 Å². The molecule has 2 aliphatic carbocycles. The van der Waals surface area contributed by atoms with Gasteiger partial charge in [0.25, 0.3) is 0 Å². The van der Waals surface area contributed by atoms with Gasteiger partial charge < -0.3 is 4.90 Å². The van der Waals surface area contributed by atoms with Gasteiger partial charge in [0, 0.05) is 5.41 Å². The average molecular weight is 660 g/mol. The number of fused-ring (bicyclic) bond motifs is 2. The van der Waals surface area contributed by atoms with Crippen molar-refractivity contribution in [2.45, 2.75) is 69.6 Å². The van der Waals surface area contributed by atoms with Crippen molar-refractivity contribution in [2.24, 2.45) is 11.8 Å². The maximum atomic E-state index is 16.3. The molecule has 3 aliphatic rings. The molecule has 0 atom stereocenters. The standard InChI is InChI=1S/C37H30F9N/c38-27-25(28(39)32(43)33(44)31(27)42)26-29(40)34(45)36(35(46)30(26)41)47-23-17-9-7-15-21(23)37(19-11-3-1-4-12-19,20-13-5-2-6-14-20)22-16-8-10-18-24(22)47/h7-10,15-20H,1-6,11-14H2. The second kappa shape index (κ2) is 11.9. The van der Waals surface area contributed by atoms with Gasteiger partial charge in [-0.3, -0.25) is 0 Å². The molecule has 7 rings (SSSR count). The summed E-state index contributed by atoms with van der Waals surface area (Å²) in [6, 6.07) is 14.0. The molecule has 1 nitrogen and oxygen atoms in total. The molecule has 10 heteroatoms. The largest absolute Gasteiger partial charge is 0.304 e. The van der Waals surface area contributed by atoms with Crippen LogP contribution in [0.5, 0.6) is 0 Å². The maximum Gasteiger partial charge on any atom is 0.200 e. The van der Waals surface area contributed by atoms with Crippen LogP contribution >= 0.6 is 0 Å². The average Bonchev–Trinajstić information content (AvgIpc) is 3.11. The highest BCUT2D eigenvalue weighted by Gasteiger charge is 2.54. The molecule has 246 valence electrons. The second-order valence-electron chi connectivity index (χ2n) is 12.8. The van der Waals surface area contributed by atoms with E-state index in [1.54, 1.807) is 24.3 Å². The van der Waals surface area contributed by atoms with Crippen LogP contribution in [0.3, 0.4) is 0 Å². The molecular weight excluding hydrogens is 629 g/mol. The van der Waals surface area contributed by atoms with Crippen LogP contribution < -0.4 is 4.90 Å². The van der Waals surface area contributed by atoms with Gasteiger partial charge in [0.1, 0.15) is 5.69 Å². The summed E-state index contributed by atoms with van der Waals surface area (Å²) in [5.41, 5.74) is -3.78. The first-order valence-corrected chi connectivity index (χ1v) is 16.0. The SMILES string of the molecule is Fc1c(F)c(F)c(-c2c(F)c(F)c(N3c4ccccc4C(C4CCCCC4)(C4CCCCC4)c4ccccc43)c(F)c2F)c(F)c1F. The van der Waals surface area contributed by atoms with Gasteiger partial charge in [-0.2, -0.15) is 0 Å². The smallest absolute Gasteiger partial charge is 0.200 e. The molecule has 0 spiro atoms. The van der Waals surface area contributed by atoms with Gasteiger partial charge in [0.15, 0.2) is 46.5 Å². The van der Waals surface area contributed by atoms with Crippen molar-refractivity contribution >= 4 is 17.1 Å². The van der Waals surface area contributed by atoms with E-state index in [1.807, 2.05) is 24.3 Å². The molecule has 0 radical (unpaired) electrons. The van der Waals surface area contributed by atoms with E-state index in [2.05, 4.69) is 0 Å². The molecule has 1 heterocycles. The molecule has 0 unspecified atom stereocenters. The van der Waals surface area contributed by atoms with E-state index >= 15 is 17.6 Å². The van der Waals surface area contributed by atoms with Crippen LogP contribution in [0.15, 0.2) is 48.5 Å². The summed E-state index contributed by atoms with van der Waals surface area (Å²) in [4.78, 5) is 1.08. The number of benzene rings is 4. The van der Waals surface area contributed by atoms with Crippen molar-refractivity contribution in [2.75, 3.05) is 4.90 Å². The molecular formula is C37H30F9N. The van der Waals surface area contributed by atoms with Crippen molar-refractivity contribution in [3.63, 3.8) is 0 Å². The molecule has 0 saturated heterocycles. The Morgan fingerprint density at radius 3 is 1.17 bits per heavy atom. The fraction of sp³-hybridized carbons (Fsp3) is 0.351. The Morgan fingerprint density at radius 1 is 0.426 bits per heavy atom. The van der Waals surface area contributed by atoms with Crippen LogP contribution in [0.4, 0.5) is 56.6 Å². The first-order valence-electron chi connectivity index (χ1n) is 16.0. The Balaban J connectivity index is 1.51. The second-order valence-corrected chi connectivity index (χ2v) is 12.8. The van der Waals surface area contributed by atoms with Crippen molar-refractivity contribution < 1.29 is 39.5 Å². The van der Waals surface area contributed by atoms with Crippen LogP contribution in [0, 0.1) is 64.2 Å². The van der Waals surface area contributed by atoms with Gasteiger partial charge in [-0.05, 0) is 60.8 Å². The minimum Gasteiger partial charge on any atom is -0.304 e. The molecule has 2 fully saturated rings. The first kappa shape index (κ1) is 31.6. The molecule has 2 saturated carbocycles. The van der Waals surface area contributed by atoms with E-state index in [9.17, 15) is 22.0 Å². The van der Waals surface area contributed by atoms with Gasteiger partial charge in [-0.25, -0.2) is 39.5 Å². The summed E-state index contributed by atoms with van der Waals surface area (Å²) in [6.45, 7) is 0. The molecule has 4 aromatic rings. The third-order valence-electron chi connectivity index (χ3n) is 10.6. The highest BCUT2D eigenvalue weighted by atomic mass is 19.2. The lowest BCUT2D eigenvalue weighted by Gasteiger charge is -2.55. The fourth-order valence-corrected chi connectivity index (χ4v) is 8.74. The molecule has 0 aromatic heterocycles. The number of hydrogen-bond acceptors (Lipinski definition) is 1. The molecule has 1 aliphatic heterocycles. The number of nitrogens with zero attached hydrogens (tertiary/aromatic N) is 1. The number of rotatable bonds is 4. The quantitative estimate of drug-likeness (QED) is 0.120. The number of anilines is 3. The zero-order chi connectivity index (χ0) is 33.2. The van der Waals surface area contributed by atoms with E-state index in [4.69, 9.17) is 0 Å². The zero-order valence-electron chi connectivity index (χ0n) is 25.2. The molecule has 0 N–H and O–H groups in total. The number of para-hydroxylation sites is 2. The van der Waals surface area contributed by atoms with Crippen LogP contribution in [0.1, 0.15) is 75.3 Å². The zero-order valence-corrected chi connectivity index (χ0v) is 25.2. The third-order valence-corrected chi connectivity index (χ3v) is 10.6. The van der Waals surface area contributed by atoms with Crippen LogP contribution in [-0.2, 0) is 5.41 Å². The van der Waals surface area contributed by atoms with Crippen LogP contribution in [-0.4, -0.2) is 0 Å². The van der Waals surface area contributed by atoms with Crippen molar-refractivity contribution in [1.29, 1.82) is 0 Å². The highest BCUT2D eigenvalue weighted by Crippen LogP contribution is 2.63. The summed E-state index contributed by atoms with van der Waals surface area (Å²) in [6.07, 6.45) is 10.00. The highest BCUT2D eigenvalue weighted by molar-refractivity contribution is 5.88. The monoisotopic (exact) mass is 659 g/mol. The maximum absolute atomic E-state index is 16.3. The summed E-state index contributed by atoms with van der Waals surface area (Å²) >= 11 is 0. The van der Waals surface area contributed by atoms with E-state index in [0.29, 0.717) is 11.4 Å². The lowest BCUT2D eigenvalue weighted by molar-refractivity contribution is 0.133. The fourth-order valence-electron chi connectivity index (χ4n) is 8.74. The Bertz CT molecular complexity index is 1750. The molecule has 47 heavy (non-hydrogen) atoms. The Morgan fingerprint density at radius 2 is 0.766 bits per heavy atom. The van der Waals surface area contributed by atoms with Crippen molar-refractivity contribution in [3.05, 3.63) is 112 Å². The van der Waals surface area contributed by atoms with Crippen LogP contribution in [0.2, 0.25) is 0 Å². The predicted molar refractivity (Wildman–Crippen MR) is 160 cm³/mol. The van der Waals surface area contributed by atoms with Gasteiger partial charge in [0.05, 0.1) is 22.5 Å². The Hall–Kier alpha value is -3.95. The Kier molecular flexibility index (Phi) is 8.03. The van der Waals surface area contributed by atoms with E-state index in [-0.39, 0.29) is 11.8 Å². The van der Waals surface area contributed by atoms with E-state index in [0.717, 1.165) is 80.2 Å². The third kappa shape index (κ3) is 4.53.